The van der Waals surface area contributed by atoms with Gasteiger partial charge < -0.3 is 15.7 Å². The molecule has 3 aliphatic rings. The predicted molar refractivity (Wildman–Crippen MR) is 128 cm³/mol. The molecule has 1 aromatic rings. The Bertz CT molecular complexity index is 713. The summed E-state index contributed by atoms with van der Waals surface area (Å²) in [6.45, 7) is 2.92. The quantitative estimate of drug-likeness (QED) is 0.487. The zero-order chi connectivity index (χ0) is 19.6. The zero-order valence-corrected chi connectivity index (χ0v) is 19.4. The van der Waals surface area contributed by atoms with Gasteiger partial charge in [-0.3, -0.25) is 4.79 Å². The summed E-state index contributed by atoms with van der Waals surface area (Å²) in [5.74, 6) is 0.0803. The first kappa shape index (κ1) is 25.2. The first-order chi connectivity index (χ1) is 13.6. The van der Waals surface area contributed by atoms with Crippen LogP contribution in [0.25, 0.3) is 6.08 Å². The van der Waals surface area contributed by atoms with Crippen LogP contribution >= 0.6 is 24.8 Å². The Labute approximate surface area is 193 Å². The lowest BCUT2D eigenvalue weighted by atomic mass is 9.90. The molecule has 3 aliphatic carbocycles. The third kappa shape index (κ3) is 6.23. The molecule has 0 aromatic heterocycles. The second-order valence-electron chi connectivity index (χ2n) is 9.11. The molecule has 3 fully saturated rings. The first-order valence-corrected chi connectivity index (χ1v) is 11.1. The van der Waals surface area contributed by atoms with E-state index in [1.54, 1.807) is 5.57 Å². The lowest BCUT2D eigenvalue weighted by Crippen LogP contribution is -2.43. The summed E-state index contributed by atoms with van der Waals surface area (Å²) < 4.78 is 0. The van der Waals surface area contributed by atoms with E-state index in [9.17, 15) is 9.90 Å². The molecule has 0 saturated heterocycles. The lowest BCUT2D eigenvalue weighted by Gasteiger charge is -2.31. The molecule has 4 rings (SSSR count). The Balaban J connectivity index is 0.00000160. The Morgan fingerprint density at radius 3 is 2.30 bits per heavy atom. The van der Waals surface area contributed by atoms with E-state index >= 15 is 0 Å². The molecule has 30 heavy (non-hydrogen) atoms. The molecular weight excluding hydrogens is 419 g/mol. The summed E-state index contributed by atoms with van der Waals surface area (Å²) in [6, 6.07) is 12.4. The topological polar surface area (TPSA) is 61.4 Å². The normalized spacial score (nSPS) is 29.3. The number of carboxylic acid groups (broad SMARTS) is 1. The van der Waals surface area contributed by atoms with Gasteiger partial charge in [-0.2, -0.15) is 0 Å². The zero-order valence-electron chi connectivity index (χ0n) is 17.8. The highest BCUT2D eigenvalue weighted by Gasteiger charge is 2.50. The van der Waals surface area contributed by atoms with Crippen LogP contribution in [0.2, 0.25) is 0 Å². The van der Waals surface area contributed by atoms with Crippen LogP contribution in [0.5, 0.6) is 0 Å². The van der Waals surface area contributed by atoms with Crippen LogP contribution in [0.4, 0.5) is 0 Å². The van der Waals surface area contributed by atoms with Gasteiger partial charge in [0, 0.05) is 24.7 Å². The van der Waals surface area contributed by atoms with Gasteiger partial charge in [0.2, 0.25) is 0 Å². The average Bonchev–Trinajstić information content (AvgIpc) is 3.63. The fourth-order valence-corrected chi connectivity index (χ4v) is 4.75. The van der Waals surface area contributed by atoms with Gasteiger partial charge in [0.15, 0.2) is 0 Å². The van der Waals surface area contributed by atoms with Crippen molar-refractivity contribution in [3.05, 3.63) is 41.5 Å². The standard InChI is InChI=1S/C24H34N2O2.2ClH/c1-2-18(14-17-6-4-3-5-7-17)21-15-22(21)26-20-10-8-19(9-11-20)25-16-24(12-13-24)23(27)28;;/h3-7,14,19-22,25-26H,2,8-13,15-16H2,1H3,(H,27,28);2*1H/b18-14+;;/t19?,20?,21-,22+;;/m0../s1. The molecular formula is C24H36Cl2N2O2. The number of aliphatic carboxylic acids is 1. The van der Waals surface area contributed by atoms with Crippen LogP contribution in [-0.4, -0.2) is 35.7 Å². The van der Waals surface area contributed by atoms with Gasteiger partial charge in [-0.05, 0) is 62.8 Å². The molecule has 168 valence electrons. The Morgan fingerprint density at radius 2 is 1.73 bits per heavy atom. The number of hydrogen-bond donors (Lipinski definition) is 3. The van der Waals surface area contributed by atoms with E-state index in [1.807, 2.05) is 0 Å². The highest BCUT2D eigenvalue weighted by molar-refractivity contribution is 5.85. The van der Waals surface area contributed by atoms with Crippen molar-refractivity contribution >= 4 is 36.9 Å². The number of benzene rings is 1. The van der Waals surface area contributed by atoms with Crippen molar-refractivity contribution in [3.63, 3.8) is 0 Å². The number of carbonyl (C=O) groups is 1. The number of rotatable bonds is 9. The number of halogens is 2. The summed E-state index contributed by atoms with van der Waals surface area (Å²) in [5, 5.41) is 16.8. The van der Waals surface area contributed by atoms with Gasteiger partial charge in [0.25, 0.3) is 0 Å². The molecule has 6 heteroatoms. The maximum absolute atomic E-state index is 11.3. The van der Waals surface area contributed by atoms with E-state index in [4.69, 9.17) is 0 Å². The van der Waals surface area contributed by atoms with Gasteiger partial charge in [-0.1, -0.05) is 48.9 Å². The van der Waals surface area contributed by atoms with Crippen molar-refractivity contribution in [2.45, 2.75) is 76.4 Å². The molecule has 2 atom stereocenters. The van der Waals surface area contributed by atoms with Crippen LogP contribution < -0.4 is 10.6 Å². The molecule has 3 N–H and O–H groups in total. The Morgan fingerprint density at radius 1 is 1.10 bits per heavy atom. The largest absolute Gasteiger partial charge is 0.481 e. The number of hydrogen-bond acceptors (Lipinski definition) is 3. The molecule has 3 saturated carbocycles. The summed E-state index contributed by atoms with van der Waals surface area (Å²) in [7, 11) is 0. The van der Waals surface area contributed by atoms with Crippen LogP contribution in [0, 0.1) is 11.3 Å². The molecule has 0 aliphatic heterocycles. The fourth-order valence-electron chi connectivity index (χ4n) is 4.75. The maximum atomic E-state index is 11.3. The van der Waals surface area contributed by atoms with Crippen molar-refractivity contribution in [2.24, 2.45) is 11.3 Å². The van der Waals surface area contributed by atoms with Crippen LogP contribution in [0.15, 0.2) is 35.9 Å². The summed E-state index contributed by atoms with van der Waals surface area (Å²) in [4.78, 5) is 11.3. The molecule has 0 spiro atoms. The van der Waals surface area contributed by atoms with Crippen LogP contribution in [0.3, 0.4) is 0 Å². The average molecular weight is 455 g/mol. The van der Waals surface area contributed by atoms with E-state index in [-0.39, 0.29) is 24.8 Å². The SMILES string of the molecule is CC/C(=C\c1ccccc1)[C@@H]1C[C@H]1NC1CCC(NCC2(C(=O)O)CC2)CC1.Cl.Cl. The molecule has 1 aromatic carbocycles. The smallest absolute Gasteiger partial charge is 0.310 e. The fraction of sp³-hybridized carbons (Fsp3) is 0.625. The minimum absolute atomic E-state index is 0. The van der Waals surface area contributed by atoms with Crippen molar-refractivity contribution in [2.75, 3.05) is 6.54 Å². The summed E-state index contributed by atoms with van der Waals surface area (Å²) in [5.41, 5.74) is 2.44. The van der Waals surface area contributed by atoms with E-state index < -0.39 is 11.4 Å². The third-order valence-corrected chi connectivity index (χ3v) is 7.04. The first-order valence-electron chi connectivity index (χ1n) is 11.1. The highest BCUT2D eigenvalue weighted by Crippen LogP contribution is 2.45. The predicted octanol–water partition coefficient (Wildman–Crippen LogP) is 5.07. The molecule has 0 amide bonds. The molecule has 0 radical (unpaired) electrons. The van der Waals surface area contributed by atoms with Crippen molar-refractivity contribution in [1.82, 2.24) is 10.6 Å². The van der Waals surface area contributed by atoms with E-state index in [1.165, 1.54) is 24.8 Å². The Hall–Kier alpha value is -1.07. The molecule has 0 unspecified atom stereocenters. The number of nitrogens with one attached hydrogen (secondary N) is 2. The lowest BCUT2D eigenvalue weighted by molar-refractivity contribution is -0.143. The van der Waals surface area contributed by atoms with Crippen molar-refractivity contribution < 1.29 is 9.90 Å². The Kier molecular flexibility index (Phi) is 9.23. The maximum Gasteiger partial charge on any atom is 0.310 e. The second kappa shape index (κ2) is 11.0. The van der Waals surface area contributed by atoms with Gasteiger partial charge in [0.05, 0.1) is 5.41 Å². The van der Waals surface area contributed by atoms with Crippen LogP contribution in [0.1, 0.15) is 63.9 Å². The highest BCUT2D eigenvalue weighted by atomic mass is 35.5. The molecule has 4 nitrogen and oxygen atoms in total. The van der Waals surface area contributed by atoms with E-state index in [0.29, 0.717) is 30.6 Å². The van der Waals surface area contributed by atoms with Crippen LogP contribution in [-0.2, 0) is 4.79 Å². The second-order valence-corrected chi connectivity index (χ2v) is 9.11. The molecule has 0 bridgehead atoms. The third-order valence-electron chi connectivity index (χ3n) is 7.04. The minimum Gasteiger partial charge on any atom is -0.481 e. The minimum atomic E-state index is -0.620. The van der Waals surface area contributed by atoms with Crippen molar-refractivity contribution in [3.8, 4) is 0 Å². The van der Waals surface area contributed by atoms with Gasteiger partial charge in [-0.15, -0.1) is 24.8 Å². The number of carboxylic acids is 1. The summed E-state index contributed by atoms with van der Waals surface area (Å²) >= 11 is 0. The summed E-state index contributed by atoms with van der Waals surface area (Å²) in [6.07, 6.45) is 11.2. The van der Waals surface area contributed by atoms with Crippen molar-refractivity contribution in [1.29, 1.82) is 0 Å². The van der Waals surface area contributed by atoms with Gasteiger partial charge in [0.1, 0.15) is 0 Å². The molecule has 0 heterocycles. The van der Waals surface area contributed by atoms with E-state index in [0.717, 1.165) is 32.1 Å². The van der Waals surface area contributed by atoms with E-state index in [2.05, 4.69) is 54.0 Å². The van der Waals surface area contributed by atoms with Gasteiger partial charge >= 0.3 is 5.97 Å². The monoisotopic (exact) mass is 454 g/mol. The van der Waals surface area contributed by atoms with Gasteiger partial charge in [-0.25, -0.2) is 0 Å².